The van der Waals surface area contributed by atoms with E-state index in [1.54, 1.807) is 36.8 Å². The lowest BCUT2D eigenvalue weighted by atomic mass is 10.0. The number of piperazine rings is 1. The summed E-state index contributed by atoms with van der Waals surface area (Å²) in [5.41, 5.74) is 0.726. The van der Waals surface area contributed by atoms with Crippen LogP contribution in [0, 0.1) is 5.82 Å². The van der Waals surface area contributed by atoms with Gasteiger partial charge in [0.2, 0.25) is 0 Å². The molecule has 10 heteroatoms. The third-order valence-electron chi connectivity index (χ3n) is 7.12. The number of fused-ring (bicyclic) bond motifs is 4. The Bertz CT molecular complexity index is 1640. The van der Waals surface area contributed by atoms with E-state index in [4.69, 9.17) is 9.72 Å². The zero-order chi connectivity index (χ0) is 24.9. The van der Waals surface area contributed by atoms with Gasteiger partial charge in [-0.25, -0.2) is 4.39 Å². The lowest BCUT2D eigenvalue weighted by molar-refractivity contribution is 0.436. The number of phenolic OH excluding ortho intramolecular Hbond substituents is 1. The standard InChI is InChI=1S/C28H23FN6O2.ClH/c29-24-25(22-12-19(36)11-16-3-1-2-4-21(16)22)31-13-23-26(24)33-28(37-20-7-9-30-10-8-20)34-27(23)35-14-17-5-6-18(15-35)32-17;/h1-4,7-13,17-18,32,36H,5-6,14-15H2;1H/t17-,18+;. The number of aromatic hydroxyl groups is 1. The highest BCUT2D eigenvalue weighted by Gasteiger charge is 2.34. The van der Waals surface area contributed by atoms with Gasteiger partial charge in [-0.05, 0) is 47.9 Å². The number of pyridine rings is 2. The summed E-state index contributed by atoms with van der Waals surface area (Å²) >= 11 is 0. The van der Waals surface area contributed by atoms with Crippen LogP contribution in [0.2, 0.25) is 0 Å². The van der Waals surface area contributed by atoms with Crippen molar-refractivity contribution < 1.29 is 14.2 Å². The first-order chi connectivity index (χ1) is 18.1. The zero-order valence-corrected chi connectivity index (χ0v) is 21.0. The van der Waals surface area contributed by atoms with Gasteiger partial charge in [0.15, 0.2) is 5.82 Å². The second kappa shape index (κ2) is 9.66. The van der Waals surface area contributed by atoms with Crippen molar-refractivity contribution in [3.05, 3.63) is 72.9 Å². The Morgan fingerprint density at radius 1 is 0.974 bits per heavy atom. The maximum Gasteiger partial charge on any atom is 0.324 e. The van der Waals surface area contributed by atoms with Gasteiger partial charge in [0.1, 0.15) is 28.5 Å². The number of hydrogen-bond donors (Lipinski definition) is 2. The molecule has 3 aromatic heterocycles. The second-order valence-corrected chi connectivity index (χ2v) is 9.56. The van der Waals surface area contributed by atoms with Crippen molar-refractivity contribution in [2.75, 3.05) is 18.0 Å². The van der Waals surface area contributed by atoms with Crippen molar-refractivity contribution >= 4 is 39.9 Å². The van der Waals surface area contributed by atoms with E-state index in [0.29, 0.717) is 34.6 Å². The summed E-state index contributed by atoms with van der Waals surface area (Å²) in [6.07, 6.45) is 7.06. The number of aromatic nitrogens is 4. The number of nitrogens with one attached hydrogen (secondary N) is 1. The third kappa shape index (κ3) is 4.23. The first kappa shape index (κ1) is 24.3. The van der Waals surface area contributed by atoms with Gasteiger partial charge in [-0.15, -0.1) is 12.4 Å². The predicted molar refractivity (Wildman–Crippen MR) is 146 cm³/mol. The average Bonchev–Trinajstić information content (AvgIpc) is 3.26. The molecule has 2 atom stereocenters. The van der Waals surface area contributed by atoms with Crippen LogP contribution in [0.15, 0.2) is 67.1 Å². The summed E-state index contributed by atoms with van der Waals surface area (Å²) < 4.78 is 22.3. The molecule has 2 aromatic carbocycles. The minimum absolute atomic E-state index is 0. The fourth-order valence-electron chi connectivity index (χ4n) is 5.47. The van der Waals surface area contributed by atoms with E-state index in [1.165, 1.54) is 6.07 Å². The molecule has 2 fully saturated rings. The van der Waals surface area contributed by atoms with Crippen LogP contribution in [0.4, 0.5) is 10.2 Å². The molecule has 38 heavy (non-hydrogen) atoms. The number of rotatable bonds is 4. The monoisotopic (exact) mass is 530 g/mol. The molecule has 8 nitrogen and oxygen atoms in total. The molecule has 0 aliphatic carbocycles. The van der Waals surface area contributed by atoms with Crippen molar-refractivity contribution in [1.82, 2.24) is 25.3 Å². The summed E-state index contributed by atoms with van der Waals surface area (Å²) in [6, 6.07) is 14.9. The number of halogens is 2. The molecule has 2 saturated heterocycles. The molecule has 0 unspecified atom stereocenters. The van der Waals surface area contributed by atoms with Gasteiger partial charge in [-0.2, -0.15) is 9.97 Å². The number of nitrogens with zero attached hydrogens (tertiary/aromatic N) is 5. The van der Waals surface area contributed by atoms with Crippen LogP contribution < -0.4 is 15.0 Å². The first-order valence-corrected chi connectivity index (χ1v) is 12.3. The van der Waals surface area contributed by atoms with Crippen molar-refractivity contribution in [3.8, 4) is 28.8 Å². The normalized spacial score (nSPS) is 18.5. The summed E-state index contributed by atoms with van der Waals surface area (Å²) in [7, 11) is 0. The molecule has 2 bridgehead atoms. The summed E-state index contributed by atoms with van der Waals surface area (Å²) in [5.74, 6) is 0.562. The molecular weight excluding hydrogens is 507 g/mol. The smallest absolute Gasteiger partial charge is 0.324 e. The van der Waals surface area contributed by atoms with E-state index in [-0.39, 0.29) is 35.4 Å². The van der Waals surface area contributed by atoms with Gasteiger partial charge in [0.05, 0.1) is 5.39 Å². The number of benzene rings is 2. The highest BCUT2D eigenvalue weighted by atomic mass is 35.5. The van der Waals surface area contributed by atoms with E-state index >= 15 is 4.39 Å². The van der Waals surface area contributed by atoms with Gasteiger partial charge >= 0.3 is 6.01 Å². The Labute approximate surface area is 224 Å². The van der Waals surface area contributed by atoms with Crippen LogP contribution in [0.1, 0.15) is 12.8 Å². The minimum atomic E-state index is -0.588. The molecule has 7 rings (SSSR count). The summed E-state index contributed by atoms with van der Waals surface area (Å²) in [4.78, 5) is 19.9. The summed E-state index contributed by atoms with van der Waals surface area (Å²) in [5, 5.41) is 16.1. The number of phenols is 1. The SMILES string of the molecule is Cl.Oc1cc(-c2ncc3c(N4C[C@H]5CC[C@@H](C4)N5)nc(Oc4ccncc4)nc3c2F)c2ccccc2c1. The zero-order valence-electron chi connectivity index (χ0n) is 20.2. The molecule has 2 N–H and O–H groups in total. The predicted octanol–water partition coefficient (Wildman–Crippen LogP) is 5.24. The third-order valence-corrected chi connectivity index (χ3v) is 7.12. The fourth-order valence-corrected chi connectivity index (χ4v) is 5.47. The van der Waals surface area contributed by atoms with Crippen molar-refractivity contribution in [3.63, 3.8) is 0 Å². The average molecular weight is 531 g/mol. The van der Waals surface area contributed by atoms with E-state index in [1.807, 2.05) is 24.3 Å². The van der Waals surface area contributed by atoms with Crippen LogP contribution in [-0.4, -0.2) is 50.2 Å². The van der Waals surface area contributed by atoms with Crippen LogP contribution in [0.3, 0.4) is 0 Å². The summed E-state index contributed by atoms with van der Waals surface area (Å²) in [6.45, 7) is 1.52. The largest absolute Gasteiger partial charge is 0.508 e. The highest BCUT2D eigenvalue weighted by Crippen LogP contribution is 2.38. The van der Waals surface area contributed by atoms with Crippen molar-refractivity contribution in [2.24, 2.45) is 0 Å². The van der Waals surface area contributed by atoms with Crippen LogP contribution in [0.5, 0.6) is 17.5 Å². The Hall–Kier alpha value is -4.08. The molecule has 0 amide bonds. The van der Waals surface area contributed by atoms with Gasteiger partial charge in [0, 0.05) is 49.3 Å². The van der Waals surface area contributed by atoms with Crippen molar-refractivity contribution in [1.29, 1.82) is 0 Å². The molecule has 5 heterocycles. The number of anilines is 1. The van der Waals surface area contributed by atoms with Gasteiger partial charge in [-0.1, -0.05) is 24.3 Å². The van der Waals surface area contributed by atoms with Crippen molar-refractivity contribution in [2.45, 2.75) is 24.9 Å². The molecule has 0 saturated carbocycles. The van der Waals surface area contributed by atoms with Gasteiger partial charge in [-0.3, -0.25) is 9.97 Å². The Morgan fingerprint density at radius 2 is 1.74 bits per heavy atom. The molecular formula is C28H24ClFN6O2. The van der Waals surface area contributed by atoms with Gasteiger partial charge < -0.3 is 20.1 Å². The van der Waals surface area contributed by atoms with Crippen LogP contribution in [0.25, 0.3) is 32.9 Å². The number of hydrogen-bond acceptors (Lipinski definition) is 8. The van der Waals surface area contributed by atoms with Gasteiger partial charge in [0.25, 0.3) is 0 Å². The van der Waals surface area contributed by atoms with E-state index in [9.17, 15) is 5.11 Å². The van der Waals surface area contributed by atoms with Crippen LogP contribution in [-0.2, 0) is 0 Å². The molecule has 2 aliphatic rings. The highest BCUT2D eigenvalue weighted by molar-refractivity contribution is 5.99. The Kier molecular flexibility index (Phi) is 6.17. The quantitative estimate of drug-likeness (QED) is 0.326. The Morgan fingerprint density at radius 3 is 2.53 bits per heavy atom. The van der Waals surface area contributed by atoms with E-state index < -0.39 is 5.82 Å². The number of ether oxygens (including phenoxy) is 1. The molecule has 192 valence electrons. The minimum Gasteiger partial charge on any atom is -0.508 e. The molecule has 5 aromatic rings. The maximum absolute atomic E-state index is 16.3. The molecule has 0 radical (unpaired) electrons. The van der Waals surface area contributed by atoms with E-state index in [0.717, 1.165) is 36.7 Å². The first-order valence-electron chi connectivity index (χ1n) is 12.3. The molecule has 2 aliphatic heterocycles. The van der Waals surface area contributed by atoms with E-state index in [2.05, 4.69) is 25.2 Å². The second-order valence-electron chi connectivity index (χ2n) is 9.56. The molecule has 0 spiro atoms. The fraction of sp³-hybridized carbons (Fsp3) is 0.214. The Balaban J connectivity index is 0.00000264. The maximum atomic E-state index is 16.3. The topological polar surface area (TPSA) is 96.3 Å². The lowest BCUT2D eigenvalue weighted by Crippen LogP contribution is -2.51. The van der Waals surface area contributed by atoms with Crippen LogP contribution >= 0.6 is 12.4 Å². The lowest BCUT2D eigenvalue weighted by Gasteiger charge is -2.34.